The Morgan fingerprint density at radius 3 is 2.93 bits per heavy atom. The molecule has 14 heavy (non-hydrogen) atoms. The predicted octanol–water partition coefficient (Wildman–Crippen LogP) is -0.257. The van der Waals surface area contributed by atoms with E-state index >= 15 is 0 Å². The van der Waals surface area contributed by atoms with Crippen molar-refractivity contribution in [2.24, 2.45) is 5.73 Å². The van der Waals surface area contributed by atoms with Gasteiger partial charge in [-0.2, -0.15) is 0 Å². The summed E-state index contributed by atoms with van der Waals surface area (Å²) >= 11 is 4.96. The molecule has 1 heterocycles. The summed E-state index contributed by atoms with van der Waals surface area (Å²) in [6.07, 6.45) is -0.108. The van der Waals surface area contributed by atoms with Crippen LogP contribution < -0.4 is 5.73 Å². The fraction of sp³-hybridized carbons (Fsp3) is 0.889. The van der Waals surface area contributed by atoms with Gasteiger partial charge in [0, 0.05) is 12.6 Å². The molecule has 1 saturated heterocycles. The standard InChI is InChI=1S/C9H18N2O2S/c1-6-5-13-8(4-12)3-11(6)7(2)9(10)14/h6-8,12H,3-5H2,1-2H3,(H2,10,14). The number of aliphatic hydroxyl groups excluding tert-OH is 1. The van der Waals surface area contributed by atoms with Crippen LogP contribution in [0.25, 0.3) is 0 Å². The Hall–Kier alpha value is -0.230. The van der Waals surface area contributed by atoms with Gasteiger partial charge in [0.05, 0.1) is 30.3 Å². The molecule has 1 aliphatic heterocycles. The molecule has 82 valence electrons. The topological polar surface area (TPSA) is 58.7 Å². The molecule has 0 saturated carbocycles. The molecule has 1 rings (SSSR count). The van der Waals surface area contributed by atoms with Crippen LogP contribution >= 0.6 is 12.2 Å². The molecule has 1 fully saturated rings. The molecule has 0 aromatic heterocycles. The molecule has 0 aliphatic carbocycles. The number of thiocarbonyl (C=S) groups is 1. The highest BCUT2D eigenvalue weighted by Gasteiger charge is 2.29. The van der Waals surface area contributed by atoms with Crippen molar-refractivity contribution in [3.8, 4) is 0 Å². The number of aliphatic hydroxyl groups is 1. The lowest BCUT2D eigenvalue weighted by Crippen LogP contribution is -2.55. The summed E-state index contributed by atoms with van der Waals surface area (Å²) in [5.41, 5.74) is 5.60. The van der Waals surface area contributed by atoms with Gasteiger partial charge < -0.3 is 15.6 Å². The van der Waals surface area contributed by atoms with Crippen molar-refractivity contribution in [3.63, 3.8) is 0 Å². The third kappa shape index (κ3) is 2.63. The van der Waals surface area contributed by atoms with Crippen LogP contribution in [0.1, 0.15) is 13.8 Å². The number of hydrogen-bond acceptors (Lipinski definition) is 4. The van der Waals surface area contributed by atoms with Gasteiger partial charge in [-0.3, -0.25) is 4.90 Å². The van der Waals surface area contributed by atoms with Crippen LogP contribution in [0.5, 0.6) is 0 Å². The smallest absolute Gasteiger partial charge is 0.0933 e. The van der Waals surface area contributed by atoms with Crippen molar-refractivity contribution in [1.82, 2.24) is 4.90 Å². The van der Waals surface area contributed by atoms with E-state index in [9.17, 15) is 0 Å². The van der Waals surface area contributed by atoms with E-state index in [1.165, 1.54) is 0 Å². The van der Waals surface area contributed by atoms with Crippen molar-refractivity contribution in [1.29, 1.82) is 0 Å². The van der Waals surface area contributed by atoms with Gasteiger partial charge in [0.15, 0.2) is 0 Å². The zero-order valence-corrected chi connectivity index (χ0v) is 9.46. The SMILES string of the molecule is CC1COC(CO)CN1C(C)C(N)=S. The molecule has 1 aliphatic rings. The Balaban J connectivity index is 2.60. The van der Waals surface area contributed by atoms with Gasteiger partial charge in [-0.15, -0.1) is 0 Å². The number of hydrogen-bond donors (Lipinski definition) is 2. The Bertz CT molecular complexity index is 213. The highest BCUT2D eigenvalue weighted by atomic mass is 32.1. The van der Waals surface area contributed by atoms with Crippen LogP contribution in [0.2, 0.25) is 0 Å². The van der Waals surface area contributed by atoms with Crippen LogP contribution in [-0.4, -0.2) is 52.9 Å². The first-order valence-corrected chi connectivity index (χ1v) is 5.24. The van der Waals surface area contributed by atoms with Gasteiger partial charge >= 0.3 is 0 Å². The third-order valence-electron chi connectivity index (χ3n) is 2.67. The summed E-state index contributed by atoms with van der Waals surface area (Å²) in [6.45, 7) is 5.42. The highest BCUT2D eigenvalue weighted by Crippen LogP contribution is 2.14. The maximum atomic E-state index is 9.00. The lowest BCUT2D eigenvalue weighted by molar-refractivity contribution is -0.0817. The number of ether oxygens (including phenoxy) is 1. The molecule has 3 unspecified atom stereocenters. The zero-order chi connectivity index (χ0) is 10.7. The second-order valence-corrected chi connectivity index (χ2v) is 4.23. The summed E-state index contributed by atoms with van der Waals surface area (Å²) in [5, 5.41) is 9.00. The fourth-order valence-electron chi connectivity index (χ4n) is 1.65. The van der Waals surface area contributed by atoms with Crippen LogP contribution in [0.3, 0.4) is 0 Å². The second kappa shape index (κ2) is 5.02. The Kier molecular flexibility index (Phi) is 4.25. The van der Waals surface area contributed by atoms with E-state index in [1.807, 2.05) is 6.92 Å². The number of morpholine rings is 1. The summed E-state index contributed by atoms with van der Waals surface area (Å²) in [7, 11) is 0. The van der Waals surface area contributed by atoms with E-state index in [0.717, 1.165) is 0 Å². The van der Waals surface area contributed by atoms with Crippen molar-refractivity contribution >= 4 is 17.2 Å². The molecular formula is C9H18N2O2S. The maximum absolute atomic E-state index is 9.00. The highest BCUT2D eigenvalue weighted by molar-refractivity contribution is 7.80. The monoisotopic (exact) mass is 218 g/mol. The molecule has 0 aromatic carbocycles. The van der Waals surface area contributed by atoms with Gasteiger partial charge in [-0.1, -0.05) is 12.2 Å². The van der Waals surface area contributed by atoms with Gasteiger partial charge in [0.1, 0.15) is 0 Å². The minimum Gasteiger partial charge on any atom is -0.394 e. The van der Waals surface area contributed by atoms with Gasteiger partial charge in [-0.05, 0) is 13.8 Å². The van der Waals surface area contributed by atoms with Gasteiger partial charge in [0.2, 0.25) is 0 Å². The molecule has 3 N–H and O–H groups in total. The molecule has 4 nitrogen and oxygen atoms in total. The van der Waals surface area contributed by atoms with E-state index in [1.54, 1.807) is 0 Å². The molecule has 0 bridgehead atoms. The normalized spacial score (nSPS) is 31.4. The number of nitrogens with two attached hydrogens (primary N) is 1. The second-order valence-electron chi connectivity index (χ2n) is 3.76. The number of rotatable bonds is 3. The van der Waals surface area contributed by atoms with Crippen molar-refractivity contribution < 1.29 is 9.84 Å². The van der Waals surface area contributed by atoms with Crippen molar-refractivity contribution in [2.75, 3.05) is 19.8 Å². The zero-order valence-electron chi connectivity index (χ0n) is 8.64. The van der Waals surface area contributed by atoms with E-state index in [0.29, 0.717) is 24.2 Å². The van der Waals surface area contributed by atoms with Gasteiger partial charge in [-0.25, -0.2) is 0 Å². The van der Waals surface area contributed by atoms with Crippen molar-refractivity contribution in [2.45, 2.75) is 32.0 Å². The minimum absolute atomic E-state index is 0.0489. The average Bonchev–Trinajstić information content (AvgIpc) is 2.17. The quantitative estimate of drug-likeness (QED) is 0.639. The first-order chi connectivity index (χ1) is 6.56. The summed E-state index contributed by atoms with van der Waals surface area (Å²) in [6, 6.07) is 0.368. The molecular weight excluding hydrogens is 200 g/mol. The summed E-state index contributed by atoms with van der Waals surface area (Å²) in [5.74, 6) is 0. The van der Waals surface area contributed by atoms with E-state index in [4.69, 9.17) is 27.8 Å². The van der Waals surface area contributed by atoms with E-state index < -0.39 is 0 Å². The fourth-order valence-corrected chi connectivity index (χ4v) is 1.79. The first kappa shape index (κ1) is 11.8. The van der Waals surface area contributed by atoms with Crippen molar-refractivity contribution in [3.05, 3.63) is 0 Å². The molecule has 0 aromatic rings. The molecule has 0 spiro atoms. The molecule has 5 heteroatoms. The van der Waals surface area contributed by atoms with Crippen LogP contribution in [0.4, 0.5) is 0 Å². The lowest BCUT2D eigenvalue weighted by Gasteiger charge is -2.40. The lowest BCUT2D eigenvalue weighted by atomic mass is 10.1. The molecule has 3 atom stereocenters. The van der Waals surface area contributed by atoms with E-state index in [-0.39, 0.29) is 18.8 Å². The first-order valence-electron chi connectivity index (χ1n) is 4.83. The number of nitrogens with zero attached hydrogens (tertiary/aromatic N) is 1. The Labute approximate surface area is 90.0 Å². The van der Waals surface area contributed by atoms with E-state index in [2.05, 4.69) is 11.8 Å². The minimum atomic E-state index is -0.108. The third-order valence-corrected chi connectivity index (χ3v) is 3.01. The maximum Gasteiger partial charge on any atom is 0.0933 e. The largest absolute Gasteiger partial charge is 0.394 e. The Morgan fingerprint density at radius 1 is 1.79 bits per heavy atom. The summed E-state index contributed by atoms with van der Waals surface area (Å²) in [4.78, 5) is 2.67. The average molecular weight is 218 g/mol. The summed E-state index contributed by atoms with van der Waals surface area (Å²) < 4.78 is 5.42. The van der Waals surface area contributed by atoms with Crippen LogP contribution in [-0.2, 0) is 4.74 Å². The van der Waals surface area contributed by atoms with Gasteiger partial charge in [0.25, 0.3) is 0 Å². The van der Waals surface area contributed by atoms with Crippen LogP contribution in [0, 0.1) is 0 Å². The molecule has 0 radical (unpaired) electrons. The Morgan fingerprint density at radius 2 is 2.43 bits per heavy atom. The van der Waals surface area contributed by atoms with Crippen LogP contribution in [0.15, 0.2) is 0 Å². The predicted molar refractivity (Wildman–Crippen MR) is 59.2 cm³/mol. The molecule has 0 amide bonds.